The minimum absolute atomic E-state index is 0.0637. The van der Waals surface area contributed by atoms with Crippen LogP contribution in [0.25, 0.3) is 0 Å². The number of halogens is 4. The first-order chi connectivity index (χ1) is 6.61. The highest BCUT2D eigenvalue weighted by Crippen LogP contribution is 2.31. The molecule has 0 saturated carbocycles. The molecule has 14 heavy (non-hydrogen) atoms. The molecule has 2 nitrogen and oxygen atoms in total. The van der Waals surface area contributed by atoms with Crippen LogP contribution in [0.4, 0.5) is 8.78 Å². The zero-order valence-electron chi connectivity index (χ0n) is 6.77. The first kappa shape index (κ1) is 11.5. The van der Waals surface area contributed by atoms with Gasteiger partial charge in [-0.1, -0.05) is 15.9 Å². The van der Waals surface area contributed by atoms with Crippen molar-refractivity contribution in [2.45, 2.75) is 11.8 Å². The van der Waals surface area contributed by atoms with Gasteiger partial charge in [0.2, 0.25) is 0 Å². The molecular weight excluding hydrogens is 322 g/mol. The van der Waals surface area contributed by atoms with Gasteiger partial charge in [0, 0.05) is 16.0 Å². The second-order valence-corrected chi connectivity index (χ2v) is 3.80. The van der Waals surface area contributed by atoms with E-state index >= 15 is 0 Å². The van der Waals surface area contributed by atoms with Gasteiger partial charge < -0.3 is 0 Å². The van der Waals surface area contributed by atoms with Gasteiger partial charge in [-0.3, -0.25) is 4.98 Å². The molecule has 0 saturated heterocycles. The molecule has 0 amide bonds. The summed E-state index contributed by atoms with van der Waals surface area (Å²) in [6.07, 6.45) is -1.40. The number of hydrogen-bond acceptors (Lipinski definition) is 2. The summed E-state index contributed by atoms with van der Waals surface area (Å²) < 4.78 is 25.3. The van der Waals surface area contributed by atoms with Gasteiger partial charge in [0.15, 0.2) is 0 Å². The van der Waals surface area contributed by atoms with E-state index in [9.17, 15) is 8.78 Å². The zero-order valence-corrected chi connectivity index (χ0v) is 9.94. The van der Waals surface area contributed by atoms with Crippen LogP contribution in [-0.2, 0) is 5.33 Å². The standard InChI is InChI=1S/C8H4Br2F2N2/c9-1-6-4(2-13)7(8(11)12)5(10)3-14-6/h3,8H,1H2. The molecule has 0 N–H and O–H groups in total. The molecular formula is C8H4Br2F2N2. The van der Waals surface area contributed by atoms with Crippen molar-refractivity contribution in [3.63, 3.8) is 0 Å². The van der Waals surface area contributed by atoms with E-state index < -0.39 is 6.43 Å². The Morgan fingerprint density at radius 2 is 2.21 bits per heavy atom. The highest BCUT2D eigenvalue weighted by molar-refractivity contribution is 9.10. The van der Waals surface area contributed by atoms with Crippen molar-refractivity contribution in [3.8, 4) is 6.07 Å². The van der Waals surface area contributed by atoms with Crippen LogP contribution in [0.3, 0.4) is 0 Å². The van der Waals surface area contributed by atoms with Gasteiger partial charge in [0.1, 0.15) is 6.07 Å². The quantitative estimate of drug-likeness (QED) is 0.780. The molecule has 6 heteroatoms. The van der Waals surface area contributed by atoms with E-state index in [0.717, 1.165) is 0 Å². The Labute approximate surface area is 96.2 Å². The van der Waals surface area contributed by atoms with Crippen LogP contribution in [0.15, 0.2) is 10.7 Å². The minimum Gasteiger partial charge on any atom is -0.258 e. The average Bonchev–Trinajstić information content (AvgIpc) is 2.16. The maximum Gasteiger partial charge on any atom is 0.266 e. The smallest absolute Gasteiger partial charge is 0.258 e. The molecule has 0 atom stereocenters. The van der Waals surface area contributed by atoms with Crippen molar-refractivity contribution in [2.24, 2.45) is 0 Å². The second-order valence-electron chi connectivity index (χ2n) is 2.39. The van der Waals surface area contributed by atoms with Gasteiger partial charge in [-0.25, -0.2) is 8.78 Å². The van der Waals surface area contributed by atoms with Gasteiger partial charge in [0.25, 0.3) is 6.43 Å². The fourth-order valence-electron chi connectivity index (χ4n) is 0.983. The molecule has 0 bridgehead atoms. The molecule has 74 valence electrons. The number of nitrogens with zero attached hydrogens (tertiary/aromatic N) is 2. The molecule has 0 fully saturated rings. The minimum atomic E-state index is -2.68. The lowest BCUT2D eigenvalue weighted by atomic mass is 10.1. The van der Waals surface area contributed by atoms with E-state index in [0.29, 0.717) is 5.69 Å². The predicted octanol–water partition coefficient (Wildman–Crippen LogP) is 3.55. The monoisotopic (exact) mass is 324 g/mol. The normalized spacial score (nSPS) is 10.3. The van der Waals surface area contributed by atoms with Crippen LogP contribution in [0, 0.1) is 11.3 Å². The van der Waals surface area contributed by atoms with Crippen LogP contribution in [0.1, 0.15) is 23.2 Å². The number of nitriles is 1. The molecule has 0 spiro atoms. The van der Waals surface area contributed by atoms with E-state index in [1.165, 1.54) is 6.20 Å². The molecule has 1 aromatic rings. The van der Waals surface area contributed by atoms with Crippen LogP contribution in [-0.4, -0.2) is 4.98 Å². The summed E-state index contributed by atoms with van der Waals surface area (Å²) in [5.41, 5.74) is -0.0331. The van der Waals surface area contributed by atoms with Crippen molar-refractivity contribution in [1.29, 1.82) is 5.26 Å². The highest BCUT2D eigenvalue weighted by Gasteiger charge is 2.20. The summed E-state index contributed by atoms with van der Waals surface area (Å²) in [6, 6.07) is 1.73. The van der Waals surface area contributed by atoms with Crippen LogP contribution >= 0.6 is 31.9 Å². The second kappa shape index (κ2) is 4.80. The fraction of sp³-hybridized carbons (Fsp3) is 0.250. The molecule has 0 radical (unpaired) electrons. The lowest BCUT2D eigenvalue weighted by Gasteiger charge is -2.07. The predicted molar refractivity (Wildman–Crippen MR) is 54.2 cm³/mol. The van der Waals surface area contributed by atoms with Crippen LogP contribution in [0.5, 0.6) is 0 Å². The summed E-state index contributed by atoms with van der Waals surface area (Å²) in [5.74, 6) is 0. The summed E-state index contributed by atoms with van der Waals surface area (Å²) in [5, 5.41) is 9.02. The first-order valence-corrected chi connectivity index (χ1v) is 5.44. The maximum atomic E-state index is 12.6. The van der Waals surface area contributed by atoms with Crippen molar-refractivity contribution < 1.29 is 8.78 Å². The average molecular weight is 326 g/mol. The molecule has 1 aromatic heterocycles. The van der Waals surface area contributed by atoms with E-state index in [-0.39, 0.29) is 20.9 Å². The lowest BCUT2D eigenvalue weighted by molar-refractivity contribution is 0.150. The molecule has 1 rings (SSSR count). The Morgan fingerprint density at radius 1 is 1.57 bits per heavy atom. The molecule has 0 aromatic carbocycles. The molecule has 0 aliphatic rings. The summed E-state index contributed by atoms with van der Waals surface area (Å²) in [7, 11) is 0. The number of aromatic nitrogens is 1. The number of rotatable bonds is 2. The van der Waals surface area contributed by atoms with E-state index in [4.69, 9.17) is 5.26 Å². The van der Waals surface area contributed by atoms with Crippen LogP contribution < -0.4 is 0 Å². The maximum absolute atomic E-state index is 12.6. The highest BCUT2D eigenvalue weighted by atomic mass is 79.9. The third-order valence-corrected chi connectivity index (χ3v) is 2.77. The SMILES string of the molecule is N#Cc1c(CBr)ncc(Br)c1C(F)F. The van der Waals surface area contributed by atoms with Gasteiger partial charge >= 0.3 is 0 Å². The topological polar surface area (TPSA) is 36.7 Å². The van der Waals surface area contributed by atoms with E-state index in [2.05, 4.69) is 36.8 Å². The molecule has 0 unspecified atom stereocenters. The lowest BCUT2D eigenvalue weighted by Crippen LogP contribution is -1.99. The number of alkyl halides is 3. The van der Waals surface area contributed by atoms with E-state index in [1.807, 2.05) is 0 Å². The largest absolute Gasteiger partial charge is 0.266 e. The number of hydrogen-bond donors (Lipinski definition) is 0. The van der Waals surface area contributed by atoms with Gasteiger partial charge in [-0.05, 0) is 15.9 Å². The first-order valence-electron chi connectivity index (χ1n) is 3.53. The third-order valence-electron chi connectivity index (χ3n) is 1.61. The van der Waals surface area contributed by atoms with Gasteiger partial charge in [-0.15, -0.1) is 0 Å². The fourth-order valence-corrected chi connectivity index (χ4v) is 1.88. The summed E-state index contributed by atoms with van der Waals surface area (Å²) in [4.78, 5) is 3.86. The number of pyridine rings is 1. The van der Waals surface area contributed by atoms with Crippen molar-refractivity contribution in [3.05, 3.63) is 27.5 Å². The third kappa shape index (κ3) is 2.10. The van der Waals surface area contributed by atoms with Gasteiger partial charge in [-0.2, -0.15) is 5.26 Å². The Kier molecular flexibility index (Phi) is 3.96. The van der Waals surface area contributed by atoms with E-state index in [1.54, 1.807) is 6.07 Å². The zero-order chi connectivity index (χ0) is 10.7. The van der Waals surface area contributed by atoms with Crippen molar-refractivity contribution in [2.75, 3.05) is 0 Å². The summed E-state index contributed by atoms with van der Waals surface area (Å²) >= 11 is 6.03. The summed E-state index contributed by atoms with van der Waals surface area (Å²) in [6.45, 7) is 0. The van der Waals surface area contributed by atoms with Crippen LogP contribution in [0.2, 0.25) is 0 Å². The Balaban J connectivity index is 3.45. The van der Waals surface area contributed by atoms with Gasteiger partial charge in [0.05, 0.1) is 16.8 Å². The van der Waals surface area contributed by atoms with Crippen molar-refractivity contribution in [1.82, 2.24) is 4.98 Å². The van der Waals surface area contributed by atoms with Crippen molar-refractivity contribution >= 4 is 31.9 Å². The Morgan fingerprint density at radius 3 is 2.64 bits per heavy atom. The molecule has 1 heterocycles. The Bertz CT molecular complexity index is 388. The molecule has 0 aliphatic heterocycles. The Hall–Kier alpha value is -0.540. The molecule has 0 aliphatic carbocycles.